The van der Waals surface area contributed by atoms with Crippen molar-refractivity contribution in [1.29, 1.82) is 0 Å². The summed E-state index contributed by atoms with van der Waals surface area (Å²) in [4.78, 5) is 131. The molecule has 0 aromatic heterocycles. The number of carbonyl (C=O) groups is 9. The first-order chi connectivity index (χ1) is 47.2. The molecule has 100 heavy (non-hydrogen) atoms. The maximum absolute atomic E-state index is 14.9. The van der Waals surface area contributed by atoms with E-state index in [2.05, 4.69) is 10.6 Å². The molecule has 562 valence electrons. The van der Waals surface area contributed by atoms with Crippen molar-refractivity contribution >= 4 is 58.7 Å². The van der Waals surface area contributed by atoms with Crippen LogP contribution < -0.4 is 16.4 Å². The zero-order valence-corrected chi connectivity index (χ0v) is 62.4. The Kier molecular flexibility index (Phi) is 33.9. The van der Waals surface area contributed by atoms with Crippen LogP contribution in [0.5, 0.6) is 0 Å². The summed E-state index contributed by atoms with van der Waals surface area (Å²) in [6, 6.07) is 10.6. The molecule has 6 amide bonds. The first-order valence-corrected chi connectivity index (χ1v) is 36.8. The Morgan fingerprint density at radius 2 is 1.38 bits per heavy atom. The number of amides is 6. The number of likely N-dealkylation sites (tertiary alicyclic amines) is 2. The number of anilines is 1. The molecule has 2 heterocycles. The molecule has 2 aromatic rings. The Labute approximate surface area is 593 Å². The van der Waals surface area contributed by atoms with Crippen LogP contribution in [0.15, 0.2) is 54.6 Å². The van der Waals surface area contributed by atoms with E-state index in [1.54, 1.807) is 69.0 Å². The van der Waals surface area contributed by atoms with Gasteiger partial charge < -0.3 is 45.1 Å². The van der Waals surface area contributed by atoms with Crippen molar-refractivity contribution in [3.8, 4) is 0 Å². The summed E-state index contributed by atoms with van der Waals surface area (Å²) in [5.41, 5.74) is 7.65. The summed E-state index contributed by atoms with van der Waals surface area (Å²) in [6.45, 7) is 21.0. The molecule has 0 bridgehead atoms. The molecule has 3 aliphatic rings. The third kappa shape index (κ3) is 23.7. The number of aliphatic hydroxyl groups excluding tert-OH is 1. The van der Waals surface area contributed by atoms with Crippen LogP contribution in [-0.2, 0) is 59.2 Å². The van der Waals surface area contributed by atoms with Gasteiger partial charge in [-0.05, 0) is 116 Å². The van der Waals surface area contributed by atoms with Gasteiger partial charge in [0.05, 0.1) is 48.9 Å². The van der Waals surface area contributed by atoms with Crippen LogP contribution in [0.25, 0.3) is 0 Å². The van der Waals surface area contributed by atoms with Gasteiger partial charge in [0.2, 0.25) is 29.5 Å². The molecule has 2 saturated heterocycles. The number of likely N-dealkylation sites (N-methyl/N-ethyl adjacent to an activating group) is 2. The minimum atomic E-state index is -4.68. The third-order valence-corrected chi connectivity index (χ3v) is 21.7. The zero-order valence-electron chi connectivity index (χ0n) is 62.4. The first-order valence-electron chi connectivity index (χ1n) is 36.8. The number of nitrogens with one attached hydrogen (secondary N) is 2. The topological polar surface area (TPSA) is 265 Å². The second-order valence-electron chi connectivity index (χ2n) is 30.2. The van der Waals surface area contributed by atoms with Crippen molar-refractivity contribution in [2.45, 2.75) is 247 Å². The van der Waals surface area contributed by atoms with Gasteiger partial charge in [-0.2, -0.15) is 13.2 Å². The van der Waals surface area contributed by atoms with Gasteiger partial charge in [-0.1, -0.05) is 151 Å². The number of imide groups is 1. The molecular formula is C77H120F3N7O13. The Morgan fingerprint density at radius 3 is 1.93 bits per heavy atom. The zero-order chi connectivity index (χ0) is 74.5. The molecule has 0 spiro atoms. The standard InChI is InChI=1S/C77H120F3N7O13/c1-16-49(8)70(64(98-14)43-67(92)86-37-23-26-60(86)72(99-15)52(11)61(88)38-50(9)71(93)56-24-19-17-20-25-56)84(12)75(96)59(46(2)3)42-63(90)69(48(6)7)85(13)76(97)100-45-55-32-34-58(35-33-55)82-73(94)57(40-53-28-30-54(44-81)31-29-53)41-62(89)68(47(4)5)83-65(77(78,79)80)27-21-18-22-36-87-66(91)39-51(10)74(87)95/h17,19-20,24-25,32-35,46-54,57,59-60,64-65,68-72,83,93H,16,18,21-23,26-31,36-45,81H2,1-15H3,(H,82,94)/t49-,50-,51?,52-,53?,54?,57+,59-,60-,64+,65-,68-,69-,70-,71+,72+/m0/s1. The molecule has 14 atom stereocenters. The number of aliphatic hydroxyl groups is 1. The highest BCUT2D eigenvalue weighted by Crippen LogP contribution is 2.37. The lowest BCUT2D eigenvalue weighted by Crippen LogP contribution is -2.54. The number of halogens is 3. The van der Waals surface area contributed by atoms with Crippen molar-refractivity contribution in [3.05, 3.63) is 65.7 Å². The molecule has 1 unspecified atom stereocenters. The van der Waals surface area contributed by atoms with Crippen LogP contribution in [-0.4, -0.2) is 174 Å². The minimum Gasteiger partial charge on any atom is -0.445 e. The van der Waals surface area contributed by atoms with Crippen LogP contribution in [0.4, 0.5) is 23.7 Å². The van der Waals surface area contributed by atoms with E-state index in [1.165, 1.54) is 24.0 Å². The lowest BCUT2D eigenvalue weighted by Gasteiger charge is -2.41. The van der Waals surface area contributed by atoms with Gasteiger partial charge in [0.15, 0.2) is 11.6 Å². The van der Waals surface area contributed by atoms with E-state index in [-0.39, 0.29) is 123 Å². The minimum absolute atomic E-state index is 0.0602. The van der Waals surface area contributed by atoms with Crippen molar-refractivity contribution < 1.29 is 75.6 Å². The molecule has 1 aliphatic carbocycles. The highest BCUT2D eigenvalue weighted by molar-refractivity contribution is 6.03. The molecule has 5 rings (SSSR count). The van der Waals surface area contributed by atoms with Gasteiger partial charge in [-0.25, -0.2) is 4.79 Å². The molecule has 20 nitrogen and oxygen atoms in total. The summed E-state index contributed by atoms with van der Waals surface area (Å²) in [6.07, 6.45) is -1.78. The Morgan fingerprint density at radius 1 is 0.740 bits per heavy atom. The Hall–Kier alpha value is -6.14. The van der Waals surface area contributed by atoms with Gasteiger partial charge in [-0.3, -0.25) is 48.6 Å². The summed E-state index contributed by atoms with van der Waals surface area (Å²) < 4.78 is 61.9. The number of nitrogens with two attached hydrogens (primary N) is 1. The Bertz CT molecular complexity index is 2960. The van der Waals surface area contributed by atoms with E-state index >= 15 is 0 Å². The number of carbonyl (C=O) groups excluding carboxylic acids is 9. The van der Waals surface area contributed by atoms with Crippen LogP contribution in [0, 0.1) is 65.1 Å². The van der Waals surface area contributed by atoms with Crippen LogP contribution in [0.2, 0.25) is 0 Å². The number of Topliss-reactive ketones (excluding diaryl/α,β-unsaturated/α-hetero) is 3. The number of benzene rings is 2. The number of ketones is 3. The summed E-state index contributed by atoms with van der Waals surface area (Å²) >= 11 is 0. The third-order valence-electron chi connectivity index (χ3n) is 21.7. The van der Waals surface area contributed by atoms with E-state index in [1.807, 2.05) is 85.7 Å². The average molecular weight is 1410 g/mol. The van der Waals surface area contributed by atoms with Gasteiger partial charge >= 0.3 is 12.3 Å². The maximum atomic E-state index is 14.9. The fourth-order valence-electron chi connectivity index (χ4n) is 15.3. The van der Waals surface area contributed by atoms with E-state index < -0.39 is 102 Å². The lowest BCUT2D eigenvalue weighted by atomic mass is 9.76. The van der Waals surface area contributed by atoms with E-state index in [4.69, 9.17) is 19.9 Å². The fourth-order valence-corrected chi connectivity index (χ4v) is 15.3. The molecule has 0 radical (unpaired) electrons. The van der Waals surface area contributed by atoms with Gasteiger partial charge in [0.1, 0.15) is 18.4 Å². The van der Waals surface area contributed by atoms with Crippen LogP contribution in [0.3, 0.4) is 0 Å². The smallest absolute Gasteiger partial charge is 0.410 e. The SMILES string of the molecule is CC[C@H](C)[C@@H]([C@@H](CC(=O)N1CCC[C@H]1[C@H](OC)[C@@H](C)C(=O)C[C@H](C)[C@@H](O)c1ccccc1)OC)N(C)C(=O)[C@@H](CC(=O)[C@H](C(C)C)N(C)C(=O)OCc1ccc(NC(=O)[C@@H](CC(=O)[C@@H](N[C@@H](CCCCCN2C(=O)CC(C)C2=O)C(F)(F)F)C(C)C)CC2CCC(CN)CC2)cc1)C(C)C. The largest absolute Gasteiger partial charge is 0.445 e. The number of unbranched alkanes of at least 4 members (excludes halogenated alkanes) is 2. The van der Waals surface area contributed by atoms with Gasteiger partial charge in [-0.15, -0.1) is 0 Å². The predicted molar refractivity (Wildman–Crippen MR) is 379 cm³/mol. The Balaban J connectivity index is 1.20. The number of ether oxygens (including phenoxy) is 3. The summed E-state index contributed by atoms with van der Waals surface area (Å²) in [5.74, 6) is -6.40. The molecule has 5 N–H and O–H groups in total. The molecule has 3 fully saturated rings. The van der Waals surface area contributed by atoms with Crippen molar-refractivity contribution in [3.63, 3.8) is 0 Å². The fraction of sp³-hybridized carbons (Fsp3) is 0.727. The molecule has 2 aliphatic heterocycles. The van der Waals surface area contributed by atoms with Gasteiger partial charge in [0.25, 0.3) is 0 Å². The number of alkyl halides is 3. The van der Waals surface area contributed by atoms with Crippen LogP contribution in [0.1, 0.15) is 203 Å². The maximum Gasteiger partial charge on any atom is 0.410 e. The normalized spacial score (nSPS) is 21.2. The summed E-state index contributed by atoms with van der Waals surface area (Å²) in [5, 5.41) is 16.6. The second kappa shape index (κ2) is 40.1. The molecular weight excluding hydrogens is 1290 g/mol. The van der Waals surface area contributed by atoms with Crippen LogP contribution >= 0.6 is 0 Å². The monoisotopic (exact) mass is 1410 g/mol. The summed E-state index contributed by atoms with van der Waals surface area (Å²) in [7, 11) is 6.23. The van der Waals surface area contributed by atoms with Gasteiger partial charge in [0, 0.05) is 96.4 Å². The van der Waals surface area contributed by atoms with Crippen molar-refractivity contribution in [2.75, 3.05) is 53.3 Å². The first kappa shape index (κ1) is 84.5. The quantitative estimate of drug-likeness (QED) is 0.0356. The number of methoxy groups -OCH3 is 2. The van der Waals surface area contributed by atoms with Crippen molar-refractivity contribution in [1.82, 2.24) is 24.9 Å². The number of nitrogens with zero attached hydrogens (tertiary/aromatic N) is 4. The lowest BCUT2D eigenvalue weighted by molar-refractivity contribution is -0.161. The number of hydrogen-bond donors (Lipinski definition) is 4. The average Bonchev–Trinajstić information content (AvgIpc) is 1.70. The van der Waals surface area contributed by atoms with E-state index in [0.717, 1.165) is 31.2 Å². The highest BCUT2D eigenvalue weighted by Gasteiger charge is 2.46. The molecule has 2 aromatic carbocycles. The highest BCUT2D eigenvalue weighted by atomic mass is 19.4. The van der Waals surface area contributed by atoms with Crippen molar-refractivity contribution in [2.24, 2.45) is 70.8 Å². The number of hydrogen-bond acceptors (Lipinski definition) is 15. The second-order valence-corrected chi connectivity index (χ2v) is 30.2. The predicted octanol–water partition coefficient (Wildman–Crippen LogP) is 11.9. The van der Waals surface area contributed by atoms with E-state index in [0.29, 0.717) is 68.8 Å². The van der Waals surface area contributed by atoms with E-state index in [9.17, 15) is 61.4 Å². The molecule has 1 saturated carbocycles. The molecule has 23 heteroatoms. The number of rotatable bonds is 41.